The van der Waals surface area contributed by atoms with Crippen molar-refractivity contribution in [1.29, 1.82) is 0 Å². The summed E-state index contributed by atoms with van der Waals surface area (Å²) in [5, 5.41) is 2.68. The summed E-state index contributed by atoms with van der Waals surface area (Å²) in [7, 11) is 0. The molecule has 6 heteroatoms. The molecule has 23 heavy (non-hydrogen) atoms. The number of esters is 1. The van der Waals surface area contributed by atoms with Gasteiger partial charge in [-0.05, 0) is 54.4 Å². The third kappa shape index (κ3) is 8.91. The fourth-order valence-electron chi connectivity index (χ4n) is 1.91. The van der Waals surface area contributed by atoms with Crippen molar-refractivity contribution in [2.45, 2.75) is 91.7 Å². The first-order valence-corrected chi connectivity index (χ1v) is 8.10. The van der Waals surface area contributed by atoms with Crippen LogP contribution in [0.1, 0.15) is 62.3 Å². The Morgan fingerprint density at radius 2 is 1.43 bits per heavy atom. The van der Waals surface area contributed by atoms with E-state index < -0.39 is 35.4 Å². The van der Waals surface area contributed by atoms with Crippen LogP contribution in [0.5, 0.6) is 0 Å². The predicted molar refractivity (Wildman–Crippen MR) is 90.9 cm³/mol. The highest BCUT2D eigenvalue weighted by atomic mass is 16.6. The topological polar surface area (TPSA) is 90.7 Å². The Morgan fingerprint density at radius 1 is 0.957 bits per heavy atom. The molecule has 1 amide bonds. The third-order valence-electron chi connectivity index (χ3n) is 2.99. The van der Waals surface area contributed by atoms with E-state index in [1.807, 2.05) is 34.6 Å². The summed E-state index contributed by atoms with van der Waals surface area (Å²) in [6.45, 7) is 16.4. The molecule has 0 aromatic rings. The van der Waals surface area contributed by atoms with Gasteiger partial charge in [0, 0.05) is 0 Å². The molecule has 136 valence electrons. The van der Waals surface area contributed by atoms with Gasteiger partial charge in [0.25, 0.3) is 0 Å². The molecule has 0 aromatic carbocycles. The molecular weight excluding hydrogens is 296 g/mol. The van der Waals surface area contributed by atoms with E-state index in [0.717, 1.165) is 0 Å². The van der Waals surface area contributed by atoms with Crippen molar-refractivity contribution >= 4 is 11.9 Å². The molecule has 0 rings (SSSR count). The lowest BCUT2D eigenvalue weighted by molar-refractivity contribution is -0.166. The number of hydrogen-bond donors (Lipinski definition) is 2. The van der Waals surface area contributed by atoms with Gasteiger partial charge in [-0.3, -0.25) is 4.79 Å². The molecule has 0 spiro atoms. The molecule has 0 aliphatic heterocycles. The van der Waals surface area contributed by atoms with Crippen LogP contribution in [-0.4, -0.2) is 41.3 Å². The highest BCUT2D eigenvalue weighted by Crippen LogP contribution is 2.16. The summed E-state index contributed by atoms with van der Waals surface area (Å²) in [6, 6.07) is -1.60. The molecule has 0 radical (unpaired) electrons. The van der Waals surface area contributed by atoms with Crippen molar-refractivity contribution in [3.63, 3.8) is 0 Å². The Bertz CT molecular complexity index is 408. The second-order valence-electron chi connectivity index (χ2n) is 8.22. The largest absolute Gasteiger partial charge is 0.458 e. The van der Waals surface area contributed by atoms with Gasteiger partial charge in [-0.25, -0.2) is 4.79 Å². The van der Waals surface area contributed by atoms with Crippen molar-refractivity contribution in [3.05, 3.63) is 0 Å². The lowest BCUT2D eigenvalue weighted by Gasteiger charge is -2.32. The Morgan fingerprint density at radius 3 is 1.78 bits per heavy atom. The predicted octanol–water partition coefficient (Wildman–Crippen LogP) is 2.00. The maximum absolute atomic E-state index is 12.5. The summed E-state index contributed by atoms with van der Waals surface area (Å²) in [6.07, 6.45) is -0.548. The zero-order valence-corrected chi connectivity index (χ0v) is 16.0. The van der Waals surface area contributed by atoms with E-state index in [0.29, 0.717) is 0 Å². The van der Waals surface area contributed by atoms with Crippen LogP contribution in [0.2, 0.25) is 0 Å². The Balaban J connectivity index is 5.22. The van der Waals surface area contributed by atoms with Gasteiger partial charge < -0.3 is 20.5 Å². The van der Waals surface area contributed by atoms with Gasteiger partial charge in [0.15, 0.2) is 6.04 Å². The second-order valence-corrected chi connectivity index (χ2v) is 8.22. The Labute approximate surface area is 140 Å². The van der Waals surface area contributed by atoms with Gasteiger partial charge in [-0.15, -0.1) is 0 Å². The van der Waals surface area contributed by atoms with Crippen LogP contribution >= 0.6 is 0 Å². The summed E-state index contributed by atoms with van der Waals surface area (Å²) in [5.41, 5.74) is 4.75. The van der Waals surface area contributed by atoms with Crippen LogP contribution in [0.3, 0.4) is 0 Å². The van der Waals surface area contributed by atoms with E-state index in [1.165, 1.54) is 0 Å². The zero-order chi connectivity index (χ0) is 18.6. The molecule has 0 aliphatic carbocycles. The van der Waals surface area contributed by atoms with Crippen LogP contribution in [0, 0.1) is 5.92 Å². The molecule has 0 aliphatic rings. The SMILES string of the molecule is CC(C)[C@H](N)C(=O)N[C@H](C(=O)OC(C)(C)C)[C@@H](C)OC(C)(C)C. The first kappa shape index (κ1) is 21.9. The molecule has 0 fully saturated rings. The standard InChI is InChI=1S/C17H34N2O4/c1-10(2)12(18)14(20)19-13(11(3)22-16(4,5)6)15(21)23-17(7,8)9/h10-13H,18H2,1-9H3,(H,19,20)/t11-,12+,13+/m1/s1. The molecule has 0 aromatic heterocycles. The molecule has 0 unspecified atom stereocenters. The van der Waals surface area contributed by atoms with Crippen LogP contribution in [0.4, 0.5) is 0 Å². The summed E-state index contributed by atoms with van der Waals surface area (Å²) in [5.74, 6) is -0.952. The first-order valence-electron chi connectivity index (χ1n) is 8.10. The molecule has 6 nitrogen and oxygen atoms in total. The highest BCUT2D eigenvalue weighted by Gasteiger charge is 2.35. The van der Waals surface area contributed by atoms with Crippen molar-refractivity contribution in [3.8, 4) is 0 Å². The maximum atomic E-state index is 12.5. The van der Waals surface area contributed by atoms with E-state index in [1.54, 1.807) is 27.7 Å². The number of nitrogens with two attached hydrogens (primary N) is 1. The number of hydrogen-bond acceptors (Lipinski definition) is 5. The minimum Gasteiger partial charge on any atom is -0.458 e. The fourth-order valence-corrected chi connectivity index (χ4v) is 1.91. The summed E-state index contributed by atoms with van der Waals surface area (Å²) >= 11 is 0. The van der Waals surface area contributed by atoms with E-state index in [-0.39, 0.29) is 11.8 Å². The van der Waals surface area contributed by atoms with Crippen LogP contribution in [-0.2, 0) is 19.1 Å². The number of ether oxygens (including phenoxy) is 2. The van der Waals surface area contributed by atoms with Gasteiger partial charge in [0.1, 0.15) is 5.60 Å². The van der Waals surface area contributed by atoms with Crippen molar-refractivity contribution in [1.82, 2.24) is 5.32 Å². The van der Waals surface area contributed by atoms with E-state index in [9.17, 15) is 9.59 Å². The number of carbonyl (C=O) groups excluding carboxylic acids is 2. The minimum absolute atomic E-state index is 0.0341. The smallest absolute Gasteiger partial charge is 0.331 e. The van der Waals surface area contributed by atoms with Crippen molar-refractivity contribution in [2.75, 3.05) is 0 Å². The minimum atomic E-state index is -0.911. The van der Waals surface area contributed by atoms with Crippen LogP contribution in [0.25, 0.3) is 0 Å². The van der Waals surface area contributed by atoms with Crippen LogP contribution < -0.4 is 11.1 Å². The molecular formula is C17H34N2O4. The van der Waals surface area contributed by atoms with Gasteiger partial charge in [-0.1, -0.05) is 13.8 Å². The molecule has 3 atom stereocenters. The number of nitrogens with one attached hydrogen (secondary N) is 1. The Kier molecular flexibility index (Phi) is 7.70. The molecule has 0 heterocycles. The number of carbonyl (C=O) groups is 2. The third-order valence-corrected chi connectivity index (χ3v) is 2.99. The Hall–Kier alpha value is -1.14. The van der Waals surface area contributed by atoms with Gasteiger partial charge in [0.05, 0.1) is 17.7 Å². The molecule has 0 bridgehead atoms. The van der Waals surface area contributed by atoms with Crippen molar-refractivity contribution < 1.29 is 19.1 Å². The average Bonchev–Trinajstić information content (AvgIpc) is 2.29. The molecule has 3 N–H and O–H groups in total. The fraction of sp³-hybridized carbons (Fsp3) is 0.882. The van der Waals surface area contributed by atoms with Crippen molar-refractivity contribution in [2.24, 2.45) is 11.7 Å². The van der Waals surface area contributed by atoms with E-state index in [2.05, 4.69) is 5.32 Å². The van der Waals surface area contributed by atoms with E-state index in [4.69, 9.17) is 15.2 Å². The van der Waals surface area contributed by atoms with Crippen LogP contribution in [0.15, 0.2) is 0 Å². The molecule has 0 saturated heterocycles. The monoisotopic (exact) mass is 330 g/mol. The number of amides is 1. The number of rotatable bonds is 6. The molecule has 0 saturated carbocycles. The maximum Gasteiger partial charge on any atom is 0.331 e. The summed E-state index contributed by atoms with van der Waals surface area (Å²) in [4.78, 5) is 24.7. The highest BCUT2D eigenvalue weighted by molar-refractivity contribution is 5.88. The van der Waals surface area contributed by atoms with Gasteiger partial charge >= 0.3 is 5.97 Å². The summed E-state index contributed by atoms with van der Waals surface area (Å²) < 4.78 is 11.2. The lowest BCUT2D eigenvalue weighted by atomic mass is 10.0. The van der Waals surface area contributed by atoms with E-state index >= 15 is 0 Å². The average molecular weight is 330 g/mol. The first-order chi connectivity index (χ1) is 10.1. The van der Waals surface area contributed by atoms with Gasteiger partial charge in [0.2, 0.25) is 5.91 Å². The van der Waals surface area contributed by atoms with Gasteiger partial charge in [-0.2, -0.15) is 0 Å². The lowest BCUT2D eigenvalue weighted by Crippen LogP contribution is -2.56. The zero-order valence-electron chi connectivity index (χ0n) is 16.0. The normalized spacial score (nSPS) is 16.7. The second kappa shape index (κ2) is 8.11. The quantitative estimate of drug-likeness (QED) is 0.727.